The van der Waals surface area contributed by atoms with Crippen molar-refractivity contribution in [2.24, 2.45) is 5.73 Å². The van der Waals surface area contributed by atoms with Crippen molar-refractivity contribution in [3.63, 3.8) is 0 Å². The van der Waals surface area contributed by atoms with Gasteiger partial charge in [0, 0.05) is 11.0 Å². The summed E-state index contributed by atoms with van der Waals surface area (Å²) in [5.74, 6) is -0.817. The van der Waals surface area contributed by atoms with Gasteiger partial charge in [0.1, 0.15) is 0 Å². The maximum Gasteiger partial charge on any atom is 0.304 e. The molecule has 1 heterocycles. The van der Waals surface area contributed by atoms with E-state index in [2.05, 4.69) is 0 Å². The van der Waals surface area contributed by atoms with Gasteiger partial charge in [-0.25, -0.2) is 0 Å². The van der Waals surface area contributed by atoms with E-state index in [1.54, 1.807) is 11.3 Å². The van der Waals surface area contributed by atoms with Crippen LogP contribution >= 0.6 is 11.3 Å². The lowest BCUT2D eigenvalue weighted by Crippen LogP contribution is -2.53. The summed E-state index contributed by atoms with van der Waals surface area (Å²) in [6, 6.07) is 1.95. The molecule has 3 nitrogen and oxygen atoms in total. The van der Waals surface area contributed by atoms with Gasteiger partial charge in [-0.05, 0) is 36.2 Å². The Labute approximate surface area is 93.9 Å². The molecule has 1 unspecified atom stereocenters. The zero-order valence-electron chi connectivity index (χ0n) is 9.28. The van der Waals surface area contributed by atoms with Gasteiger partial charge in [0.15, 0.2) is 0 Å². The fourth-order valence-electron chi connectivity index (χ4n) is 1.58. The largest absolute Gasteiger partial charge is 0.481 e. The second kappa shape index (κ2) is 3.94. The van der Waals surface area contributed by atoms with Gasteiger partial charge in [-0.3, -0.25) is 4.79 Å². The highest BCUT2D eigenvalue weighted by atomic mass is 32.1. The molecule has 0 saturated carbocycles. The summed E-state index contributed by atoms with van der Waals surface area (Å²) in [6.07, 6.45) is 0.0488. The Hall–Kier alpha value is -0.870. The van der Waals surface area contributed by atoms with Crippen LogP contribution in [-0.4, -0.2) is 16.6 Å². The maximum absolute atomic E-state index is 10.9. The molecular formula is C11H17NO2S. The average Bonchev–Trinajstić information content (AvgIpc) is 2.51. The van der Waals surface area contributed by atoms with Crippen LogP contribution in [0.3, 0.4) is 0 Å². The van der Waals surface area contributed by atoms with Crippen molar-refractivity contribution >= 4 is 17.3 Å². The third kappa shape index (κ3) is 2.38. The molecule has 4 heteroatoms. The molecule has 84 valence electrons. The van der Waals surface area contributed by atoms with Gasteiger partial charge in [-0.1, -0.05) is 6.92 Å². The average molecular weight is 227 g/mol. The van der Waals surface area contributed by atoms with Crippen LogP contribution in [-0.2, 0) is 10.2 Å². The molecule has 0 amide bonds. The van der Waals surface area contributed by atoms with E-state index in [0.717, 1.165) is 5.56 Å². The lowest BCUT2D eigenvalue weighted by molar-refractivity contribution is -0.139. The summed E-state index contributed by atoms with van der Waals surface area (Å²) in [4.78, 5) is 10.9. The zero-order chi connectivity index (χ0) is 11.7. The molecule has 0 radical (unpaired) electrons. The van der Waals surface area contributed by atoms with Gasteiger partial charge in [0.25, 0.3) is 0 Å². The first-order valence-electron chi connectivity index (χ1n) is 4.81. The molecule has 1 rings (SSSR count). The monoisotopic (exact) mass is 227 g/mol. The highest BCUT2D eigenvalue weighted by molar-refractivity contribution is 7.08. The predicted octanol–water partition coefficient (Wildman–Crippen LogP) is 2.22. The van der Waals surface area contributed by atoms with E-state index in [0.29, 0.717) is 0 Å². The standard InChI is InChI=1S/C11H17NO2S/c1-10(2,12)11(3,6-9(13)14)8-4-5-15-7-8/h4-5,7H,6,12H2,1-3H3,(H,13,14). The van der Waals surface area contributed by atoms with Gasteiger partial charge < -0.3 is 10.8 Å². The Morgan fingerprint density at radius 3 is 2.47 bits per heavy atom. The second-order valence-electron chi connectivity index (χ2n) is 4.64. The molecule has 0 fully saturated rings. The third-order valence-electron chi connectivity index (χ3n) is 3.09. The van der Waals surface area contributed by atoms with E-state index in [4.69, 9.17) is 10.8 Å². The van der Waals surface area contributed by atoms with Crippen LogP contribution in [0, 0.1) is 0 Å². The minimum absolute atomic E-state index is 0.0488. The van der Waals surface area contributed by atoms with Gasteiger partial charge in [-0.15, -0.1) is 0 Å². The van der Waals surface area contributed by atoms with Gasteiger partial charge in [-0.2, -0.15) is 11.3 Å². The fraction of sp³-hybridized carbons (Fsp3) is 0.545. The maximum atomic E-state index is 10.9. The van der Waals surface area contributed by atoms with Crippen LogP contribution in [0.5, 0.6) is 0 Å². The predicted molar refractivity (Wildman–Crippen MR) is 62.2 cm³/mol. The fourth-order valence-corrected chi connectivity index (χ4v) is 2.37. The van der Waals surface area contributed by atoms with Crippen LogP contribution in [0.25, 0.3) is 0 Å². The van der Waals surface area contributed by atoms with Gasteiger partial charge >= 0.3 is 5.97 Å². The van der Waals surface area contributed by atoms with Crippen molar-refractivity contribution in [2.75, 3.05) is 0 Å². The quantitative estimate of drug-likeness (QED) is 0.829. The van der Waals surface area contributed by atoms with E-state index in [9.17, 15) is 4.79 Å². The Kier molecular flexibility index (Phi) is 3.21. The Balaban J connectivity index is 3.13. The Morgan fingerprint density at radius 1 is 1.53 bits per heavy atom. The summed E-state index contributed by atoms with van der Waals surface area (Å²) < 4.78 is 0. The molecular weight excluding hydrogens is 210 g/mol. The zero-order valence-corrected chi connectivity index (χ0v) is 10.1. The number of carbonyl (C=O) groups is 1. The number of hydrogen-bond donors (Lipinski definition) is 2. The van der Waals surface area contributed by atoms with Crippen LogP contribution < -0.4 is 5.73 Å². The van der Waals surface area contributed by atoms with Crippen molar-refractivity contribution in [3.8, 4) is 0 Å². The first kappa shape index (κ1) is 12.2. The van der Waals surface area contributed by atoms with Crippen LogP contribution in [0.1, 0.15) is 32.8 Å². The van der Waals surface area contributed by atoms with E-state index in [-0.39, 0.29) is 6.42 Å². The second-order valence-corrected chi connectivity index (χ2v) is 5.42. The SMILES string of the molecule is CC(C)(N)C(C)(CC(=O)O)c1ccsc1. The van der Waals surface area contributed by atoms with E-state index in [1.807, 2.05) is 37.6 Å². The molecule has 0 saturated heterocycles. The number of thiophene rings is 1. The van der Waals surface area contributed by atoms with E-state index >= 15 is 0 Å². The highest BCUT2D eigenvalue weighted by Crippen LogP contribution is 2.37. The lowest BCUT2D eigenvalue weighted by atomic mass is 9.67. The molecule has 0 aliphatic rings. The summed E-state index contributed by atoms with van der Waals surface area (Å²) >= 11 is 1.56. The molecule has 1 aromatic rings. The number of carboxylic acid groups (broad SMARTS) is 1. The minimum Gasteiger partial charge on any atom is -0.481 e. The van der Waals surface area contributed by atoms with Crippen molar-refractivity contribution in [1.29, 1.82) is 0 Å². The lowest BCUT2D eigenvalue weighted by Gasteiger charge is -2.40. The molecule has 0 aliphatic heterocycles. The van der Waals surface area contributed by atoms with Gasteiger partial charge in [0.05, 0.1) is 6.42 Å². The van der Waals surface area contributed by atoms with Crippen LogP contribution in [0.15, 0.2) is 16.8 Å². The van der Waals surface area contributed by atoms with Crippen LogP contribution in [0.4, 0.5) is 0 Å². The topological polar surface area (TPSA) is 63.3 Å². The number of aliphatic carboxylic acids is 1. The number of rotatable bonds is 4. The van der Waals surface area contributed by atoms with Crippen molar-refractivity contribution in [3.05, 3.63) is 22.4 Å². The number of nitrogens with two attached hydrogens (primary N) is 1. The number of hydrogen-bond acceptors (Lipinski definition) is 3. The molecule has 1 atom stereocenters. The molecule has 1 aromatic heterocycles. The van der Waals surface area contributed by atoms with Crippen molar-refractivity contribution in [1.82, 2.24) is 0 Å². The Bertz CT molecular complexity index is 340. The van der Waals surface area contributed by atoms with E-state index < -0.39 is 16.9 Å². The summed E-state index contributed by atoms with van der Waals surface area (Å²) in [5.41, 5.74) is 6.01. The smallest absolute Gasteiger partial charge is 0.304 e. The molecule has 0 aromatic carbocycles. The molecule has 15 heavy (non-hydrogen) atoms. The summed E-state index contributed by atoms with van der Waals surface area (Å²) in [5, 5.41) is 12.9. The third-order valence-corrected chi connectivity index (χ3v) is 3.77. The molecule has 3 N–H and O–H groups in total. The molecule has 0 spiro atoms. The van der Waals surface area contributed by atoms with E-state index in [1.165, 1.54) is 0 Å². The Morgan fingerprint density at radius 2 is 2.13 bits per heavy atom. The highest BCUT2D eigenvalue weighted by Gasteiger charge is 2.41. The summed E-state index contributed by atoms with van der Waals surface area (Å²) in [6.45, 7) is 5.64. The first-order valence-corrected chi connectivity index (χ1v) is 5.75. The molecule has 0 aliphatic carbocycles. The number of carboxylic acids is 1. The van der Waals surface area contributed by atoms with Crippen molar-refractivity contribution < 1.29 is 9.90 Å². The van der Waals surface area contributed by atoms with Gasteiger partial charge in [0.2, 0.25) is 0 Å². The minimum atomic E-state index is -0.817. The van der Waals surface area contributed by atoms with Crippen molar-refractivity contribution in [2.45, 2.75) is 38.1 Å². The molecule has 0 bridgehead atoms. The summed E-state index contributed by atoms with van der Waals surface area (Å²) in [7, 11) is 0. The normalized spacial score (nSPS) is 16.0. The van der Waals surface area contributed by atoms with Crippen LogP contribution in [0.2, 0.25) is 0 Å². The first-order chi connectivity index (χ1) is 6.77.